The molecule has 0 aromatic carbocycles. The maximum Gasteiger partial charge on any atom is 0.309 e. The molecule has 0 fully saturated rings. The zero-order valence-corrected chi connectivity index (χ0v) is 7.91. The molecular formula is C10H14O3. The molecule has 0 saturated carbocycles. The number of ether oxygens (including phenoxy) is 1. The molecule has 72 valence electrons. The van der Waals surface area contributed by atoms with Gasteiger partial charge < -0.3 is 9.84 Å². The quantitative estimate of drug-likeness (QED) is 0.411. The molecule has 0 amide bonds. The van der Waals surface area contributed by atoms with Crippen LogP contribution in [0.2, 0.25) is 0 Å². The first-order valence-electron chi connectivity index (χ1n) is 3.88. The lowest BCUT2D eigenvalue weighted by Gasteiger charge is -2.00. The number of carbonyl (C=O) groups excluding carboxylic acids is 1. The van der Waals surface area contributed by atoms with Crippen LogP contribution in [0.5, 0.6) is 0 Å². The van der Waals surface area contributed by atoms with E-state index in [-0.39, 0.29) is 18.1 Å². The van der Waals surface area contributed by atoms with E-state index in [1.807, 2.05) is 6.92 Å². The second kappa shape index (κ2) is 6.06. The van der Waals surface area contributed by atoms with Crippen molar-refractivity contribution in [2.75, 3.05) is 7.11 Å². The normalized spacial score (nSPS) is 11.7. The van der Waals surface area contributed by atoms with Crippen LogP contribution in [-0.2, 0) is 9.53 Å². The Kier molecular flexibility index (Phi) is 5.35. The van der Waals surface area contributed by atoms with Gasteiger partial charge in [0.2, 0.25) is 0 Å². The SMILES string of the molecule is C=C(O)/C=C(\C=C/C)CC(=O)OC. The van der Waals surface area contributed by atoms with E-state index in [1.54, 1.807) is 12.2 Å². The third-order valence-corrected chi connectivity index (χ3v) is 1.31. The van der Waals surface area contributed by atoms with Crippen LogP contribution in [0.25, 0.3) is 0 Å². The summed E-state index contributed by atoms with van der Waals surface area (Å²) in [6.45, 7) is 5.13. The van der Waals surface area contributed by atoms with E-state index in [9.17, 15) is 4.79 Å². The lowest BCUT2D eigenvalue weighted by Crippen LogP contribution is -2.00. The molecule has 0 spiro atoms. The molecule has 0 atom stereocenters. The van der Waals surface area contributed by atoms with Gasteiger partial charge in [-0.1, -0.05) is 18.7 Å². The highest BCUT2D eigenvalue weighted by atomic mass is 16.5. The molecule has 0 aromatic heterocycles. The summed E-state index contributed by atoms with van der Waals surface area (Å²) in [6, 6.07) is 0. The zero-order valence-electron chi connectivity index (χ0n) is 7.91. The summed E-state index contributed by atoms with van der Waals surface area (Å²) in [7, 11) is 1.32. The Morgan fingerprint density at radius 3 is 2.62 bits per heavy atom. The van der Waals surface area contributed by atoms with Crippen molar-refractivity contribution in [2.45, 2.75) is 13.3 Å². The monoisotopic (exact) mass is 182 g/mol. The van der Waals surface area contributed by atoms with Gasteiger partial charge in [-0.15, -0.1) is 0 Å². The molecule has 0 radical (unpaired) electrons. The van der Waals surface area contributed by atoms with Gasteiger partial charge in [-0.3, -0.25) is 4.79 Å². The first kappa shape index (κ1) is 11.5. The molecule has 0 bridgehead atoms. The second-order valence-corrected chi connectivity index (χ2v) is 2.46. The van der Waals surface area contributed by atoms with Crippen molar-refractivity contribution in [3.8, 4) is 0 Å². The van der Waals surface area contributed by atoms with Gasteiger partial charge in [-0.25, -0.2) is 0 Å². The Bertz CT molecular complexity index is 249. The average molecular weight is 182 g/mol. The van der Waals surface area contributed by atoms with Gasteiger partial charge in [0.1, 0.15) is 5.76 Å². The molecule has 0 heterocycles. The number of aliphatic hydroxyl groups excluding tert-OH is 1. The Morgan fingerprint density at radius 1 is 1.62 bits per heavy atom. The van der Waals surface area contributed by atoms with Gasteiger partial charge in [0.25, 0.3) is 0 Å². The summed E-state index contributed by atoms with van der Waals surface area (Å²) in [5.41, 5.74) is 0.668. The smallest absolute Gasteiger partial charge is 0.309 e. The second-order valence-electron chi connectivity index (χ2n) is 2.46. The van der Waals surface area contributed by atoms with Crippen LogP contribution in [0.1, 0.15) is 13.3 Å². The van der Waals surface area contributed by atoms with Crippen LogP contribution in [0.4, 0.5) is 0 Å². The van der Waals surface area contributed by atoms with E-state index in [0.29, 0.717) is 5.57 Å². The number of aliphatic hydroxyl groups is 1. The van der Waals surface area contributed by atoms with Gasteiger partial charge >= 0.3 is 5.97 Å². The first-order chi connectivity index (χ1) is 6.10. The van der Waals surface area contributed by atoms with Gasteiger partial charge in [0.15, 0.2) is 0 Å². The van der Waals surface area contributed by atoms with Crippen molar-refractivity contribution in [2.24, 2.45) is 0 Å². The number of rotatable bonds is 4. The van der Waals surface area contributed by atoms with E-state index in [1.165, 1.54) is 13.2 Å². The van der Waals surface area contributed by atoms with Crippen LogP contribution in [0, 0.1) is 0 Å². The van der Waals surface area contributed by atoms with Crippen LogP contribution in [0.15, 0.2) is 36.1 Å². The van der Waals surface area contributed by atoms with Crippen molar-refractivity contribution in [3.05, 3.63) is 36.1 Å². The minimum Gasteiger partial charge on any atom is -0.509 e. The van der Waals surface area contributed by atoms with Crippen molar-refractivity contribution in [1.29, 1.82) is 0 Å². The molecule has 0 aliphatic carbocycles. The van der Waals surface area contributed by atoms with E-state index in [4.69, 9.17) is 5.11 Å². The van der Waals surface area contributed by atoms with E-state index in [0.717, 1.165) is 0 Å². The summed E-state index contributed by atoms with van der Waals surface area (Å²) in [5.74, 6) is -0.414. The van der Waals surface area contributed by atoms with Crippen LogP contribution in [-0.4, -0.2) is 18.2 Å². The van der Waals surface area contributed by atoms with Crippen molar-refractivity contribution in [1.82, 2.24) is 0 Å². The van der Waals surface area contributed by atoms with E-state index in [2.05, 4.69) is 11.3 Å². The molecule has 0 unspecified atom stereocenters. The molecule has 1 N–H and O–H groups in total. The van der Waals surface area contributed by atoms with Gasteiger partial charge in [0.05, 0.1) is 13.5 Å². The minimum atomic E-state index is -0.342. The molecule has 0 saturated heterocycles. The Balaban J connectivity index is 4.44. The maximum absolute atomic E-state index is 10.9. The fraction of sp³-hybridized carbons (Fsp3) is 0.300. The summed E-state index contributed by atoms with van der Waals surface area (Å²) in [5, 5.41) is 8.88. The molecule has 0 aliphatic rings. The van der Waals surface area contributed by atoms with Crippen LogP contribution < -0.4 is 0 Å². The fourth-order valence-corrected chi connectivity index (χ4v) is 0.825. The standard InChI is InChI=1S/C10H14O3/c1-4-5-9(6-8(2)11)7-10(12)13-3/h4-6,11H,2,7H2,1,3H3/b5-4-,9-6+. The van der Waals surface area contributed by atoms with Crippen molar-refractivity contribution >= 4 is 5.97 Å². The molecule has 13 heavy (non-hydrogen) atoms. The molecule has 0 aliphatic heterocycles. The zero-order chi connectivity index (χ0) is 10.3. The predicted molar refractivity (Wildman–Crippen MR) is 51.3 cm³/mol. The Hall–Kier alpha value is -1.51. The molecule has 3 heteroatoms. The minimum absolute atomic E-state index is 0.0722. The lowest BCUT2D eigenvalue weighted by molar-refractivity contribution is -0.139. The van der Waals surface area contributed by atoms with Crippen LogP contribution >= 0.6 is 0 Å². The maximum atomic E-state index is 10.9. The summed E-state index contributed by atoms with van der Waals surface area (Å²) >= 11 is 0. The highest BCUT2D eigenvalue weighted by Crippen LogP contribution is 2.07. The number of esters is 1. The number of carbonyl (C=O) groups is 1. The molecule has 0 aromatic rings. The number of hydrogen-bond acceptors (Lipinski definition) is 3. The highest BCUT2D eigenvalue weighted by molar-refractivity contribution is 5.73. The number of hydrogen-bond donors (Lipinski definition) is 1. The third-order valence-electron chi connectivity index (χ3n) is 1.31. The van der Waals surface area contributed by atoms with Crippen molar-refractivity contribution < 1.29 is 14.6 Å². The number of allylic oxidation sites excluding steroid dienone is 3. The van der Waals surface area contributed by atoms with Gasteiger partial charge in [-0.05, 0) is 18.6 Å². The van der Waals surface area contributed by atoms with Crippen molar-refractivity contribution in [3.63, 3.8) is 0 Å². The Morgan fingerprint density at radius 2 is 2.23 bits per heavy atom. The third kappa shape index (κ3) is 5.73. The van der Waals surface area contributed by atoms with Crippen LogP contribution in [0.3, 0.4) is 0 Å². The molecule has 3 nitrogen and oxygen atoms in total. The van der Waals surface area contributed by atoms with E-state index < -0.39 is 0 Å². The van der Waals surface area contributed by atoms with E-state index >= 15 is 0 Å². The largest absolute Gasteiger partial charge is 0.509 e. The van der Waals surface area contributed by atoms with Gasteiger partial charge in [0, 0.05) is 0 Å². The first-order valence-corrected chi connectivity index (χ1v) is 3.88. The average Bonchev–Trinajstić information content (AvgIpc) is 2.03. The highest BCUT2D eigenvalue weighted by Gasteiger charge is 2.02. The Labute approximate surface area is 78.0 Å². The number of methoxy groups -OCH3 is 1. The molecular weight excluding hydrogens is 168 g/mol. The predicted octanol–water partition coefficient (Wildman–Crippen LogP) is 2.12. The lowest BCUT2D eigenvalue weighted by atomic mass is 10.1. The molecule has 0 rings (SSSR count). The summed E-state index contributed by atoms with van der Waals surface area (Å²) < 4.78 is 4.48. The summed E-state index contributed by atoms with van der Waals surface area (Å²) in [4.78, 5) is 10.9. The van der Waals surface area contributed by atoms with Gasteiger partial charge in [-0.2, -0.15) is 0 Å². The topological polar surface area (TPSA) is 46.5 Å². The summed E-state index contributed by atoms with van der Waals surface area (Å²) in [6.07, 6.45) is 5.06. The fourth-order valence-electron chi connectivity index (χ4n) is 0.825.